The lowest BCUT2D eigenvalue weighted by Crippen LogP contribution is -2.35. The maximum absolute atomic E-state index is 12.9. The van der Waals surface area contributed by atoms with Crippen LogP contribution in [-0.2, 0) is 6.42 Å². The number of likely N-dealkylation sites (tertiary alicyclic amines) is 1. The molecule has 0 bridgehead atoms. The summed E-state index contributed by atoms with van der Waals surface area (Å²) in [4.78, 5) is 14.5. The van der Waals surface area contributed by atoms with Crippen molar-refractivity contribution in [3.63, 3.8) is 0 Å². The van der Waals surface area contributed by atoms with Crippen molar-refractivity contribution in [3.8, 4) is 5.75 Å². The van der Waals surface area contributed by atoms with Crippen LogP contribution in [0.5, 0.6) is 5.75 Å². The monoisotopic (exact) mass is 383 g/mol. The molecule has 1 N–H and O–H groups in total. The summed E-state index contributed by atoms with van der Waals surface area (Å²) in [6.07, 6.45) is 9.01. The number of H-pyrrole nitrogens is 1. The number of ether oxygens (including phenoxy) is 1. The van der Waals surface area contributed by atoms with E-state index >= 15 is 0 Å². The van der Waals surface area contributed by atoms with Gasteiger partial charge in [0, 0.05) is 23.6 Å². The Morgan fingerprint density at radius 1 is 1.21 bits per heavy atom. The summed E-state index contributed by atoms with van der Waals surface area (Å²) >= 11 is 0. The van der Waals surface area contributed by atoms with Gasteiger partial charge in [0.15, 0.2) is 0 Å². The summed E-state index contributed by atoms with van der Waals surface area (Å²) in [6, 6.07) is 6.15. The number of hydrogen-bond acceptors (Lipinski definition) is 4. The van der Waals surface area contributed by atoms with E-state index in [4.69, 9.17) is 4.74 Å². The third-order valence-corrected chi connectivity index (χ3v) is 5.67. The van der Waals surface area contributed by atoms with Crippen molar-refractivity contribution in [2.45, 2.75) is 38.0 Å². The molecule has 1 aromatic heterocycles. The SMILES string of the molecule is O=c1[nH]nc(C2CCN(CCCOc3ccc(F)cc3)CC2)c2c1CCC=C2. The van der Waals surface area contributed by atoms with Crippen molar-refractivity contribution in [2.24, 2.45) is 0 Å². The molecule has 0 saturated carbocycles. The van der Waals surface area contributed by atoms with Gasteiger partial charge < -0.3 is 9.64 Å². The highest BCUT2D eigenvalue weighted by molar-refractivity contribution is 5.58. The van der Waals surface area contributed by atoms with Gasteiger partial charge in [-0.3, -0.25) is 4.79 Å². The van der Waals surface area contributed by atoms with Gasteiger partial charge in [-0.2, -0.15) is 5.10 Å². The molecule has 0 radical (unpaired) electrons. The molecular weight excluding hydrogens is 357 g/mol. The zero-order chi connectivity index (χ0) is 19.3. The molecule has 2 aromatic rings. The number of aromatic nitrogens is 2. The van der Waals surface area contributed by atoms with Crippen LogP contribution >= 0.6 is 0 Å². The van der Waals surface area contributed by atoms with Gasteiger partial charge in [-0.1, -0.05) is 12.2 Å². The van der Waals surface area contributed by atoms with Crippen LogP contribution in [0.15, 0.2) is 35.1 Å². The summed E-state index contributed by atoms with van der Waals surface area (Å²) in [6.45, 7) is 3.68. The number of rotatable bonds is 6. The van der Waals surface area contributed by atoms with Gasteiger partial charge in [0.25, 0.3) is 5.56 Å². The van der Waals surface area contributed by atoms with E-state index in [1.807, 2.05) is 0 Å². The molecule has 2 aliphatic rings. The largest absolute Gasteiger partial charge is 0.494 e. The summed E-state index contributed by atoms with van der Waals surface area (Å²) in [5.41, 5.74) is 2.97. The third kappa shape index (κ3) is 4.33. The van der Waals surface area contributed by atoms with Gasteiger partial charge in [0.05, 0.1) is 12.3 Å². The molecule has 148 valence electrons. The topological polar surface area (TPSA) is 58.2 Å². The number of halogens is 1. The Labute approximate surface area is 164 Å². The van der Waals surface area contributed by atoms with E-state index in [0.717, 1.165) is 68.6 Å². The third-order valence-electron chi connectivity index (χ3n) is 5.67. The molecule has 1 saturated heterocycles. The van der Waals surface area contributed by atoms with E-state index in [0.29, 0.717) is 18.3 Å². The second kappa shape index (κ2) is 8.69. The average molecular weight is 383 g/mol. The van der Waals surface area contributed by atoms with Crippen LogP contribution in [0.1, 0.15) is 48.4 Å². The van der Waals surface area contributed by atoms with Crippen molar-refractivity contribution in [1.29, 1.82) is 0 Å². The molecule has 5 nitrogen and oxygen atoms in total. The van der Waals surface area contributed by atoms with Crippen LogP contribution in [0, 0.1) is 5.82 Å². The molecule has 1 aliphatic carbocycles. The Balaban J connectivity index is 1.26. The molecule has 2 heterocycles. The smallest absolute Gasteiger partial charge is 0.267 e. The summed E-state index contributed by atoms with van der Waals surface area (Å²) in [5, 5.41) is 7.11. The first-order valence-electron chi connectivity index (χ1n) is 10.1. The van der Waals surface area contributed by atoms with E-state index < -0.39 is 0 Å². The molecule has 28 heavy (non-hydrogen) atoms. The molecule has 1 aliphatic heterocycles. The number of hydrogen-bond donors (Lipinski definition) is 1. The normalized spacial score (nSPS) is 17.5. The number of nitrogens with zero attached hydrogens (tertiary/aromatic N) is 2. The molecular formula is C22H26FN3O2. The molecule has 0 amide bonds. The van der Waals surface area contributed by atoms with Gasteiger partial charge in [-0.05, 0) is 69.5 Å². The van der Waals surface area contributed by atoms with Gasteiger partial charge in [0.1, 0.15) is 11.6 Å². The van der Waals surface area contributed by atoms with Gasteiger partial charge in [-0.15, -0.1) is 0 Å². The van der Waals surface area contributed by atoms with E-state index in [2.05, 4.69) is 27.2 Å². The minimum atomic E-state index is -0.246. The number of piperidine rings is 1. The molecule has 4 rings (SSSR count). The van der Waals surface area contributed by atoms with Gasteiger partial charge in [0.2, 0.25) is 0 Å². The van der Waals surface area contributed by atoms with Crippen LogP contribution in [0.2, 0.25) is 0 Å². The Kier molecular flexibility index (Phi) is 5.86. The zero-order valence-corrected chi connectivity index (χ0v) is 16.0. The van der Waals surface area contributed by atoms with Crippen molar-refractivity contribution in [2.75, 3.05) is 26.2 Å². The maximum atomic E-state index is 12.9. The van der Waals surface area contributed by atoms with E-state index in [9.17, 15) is 9.18 Å². The molecule has 0 atom stereocenters. The Bertz CT molecular complexity index is 884. The van der Waals surface area contributed by atoms with Gasteiger partial charge >= 0.3 is 0 Å². The predicted octanol–water partition coefficient (Wildman–Crippen LogP) is 3.52. The Hall–Kier alpha value is -2.47. The van der Waals surface area contributed by atoms with Crippen LogP contribution < -0.4 is 10.3 Å². The number of benzene rings is 1. The quantitative estimate of drug-likeness (QED) is 0.776. The predicted molar refractivity (Wildman–Crippen MR) is 107 cm³/mol. The molecule has 0 spiro atoms. The fraction of sp³-hybridized carbons (Fsp3) is 0.455. The standard InChI is InChI=1S/C22H26FN3O2/c23-17-6-8-18(9-7-17)28-15-3-12-26-13-10-16(11-14-26)21-19-4-1-2-5-20(19)22(27)25-24-21/h1,4,6-9,16H,2-3,5,10-15H2,(H,25,27). The number of fused-ring (bicyclic) bond motifs is 1. The Morgan fingerprint density at radius 3 is 2.79 bits per heavy atom. The summed E-state index contributed by atoms with van der Waals surface area (Å²) in [7, 11) is 0. The minimum absolute atomic E-state index is 0.0401. The van der Waals surface area contributed by atoms with Crippen LogP contribution in [0.25, 0.3) is 6.08 Å². The number of nitrogens with one attached hydrogen (secondary N) is 1. The van der Waals surface area contributed by atoms with Crippen molar-refractivity contribution in [1.82, 2.24) is 15.1 Å². The first-order chi connectivity index (χ1) is 13.7. The first-order valence-corrected chi connectivity index (χ1v) is 10.1. The highest BCUT2D eigenvalue weighted by Crippen LogP contribution is 2.31. The minimum Gasteiger partial charge on any atom is -0.494 e. The fourth-order valence-electron chi connectivity index (χ4n) is 4.13. The van der Waals surface area contributed by atoms with Crippen molar-refractivity contribution in [3.05, 3.63) is 63.3 Å². The average Bonchev–Trinajstić information content (AvgIpc) is 2.74. The van der Waals surface area contributed by atoms with E-state index in [1.54, 1.807) is 12.1 Å². The molecule has 1 aromatic carbocycles. The lowest BCUT2D eigenvalue weighted by atomic mass is 9.87. The van der Waals surface area contributed by atoms with Crippen LogP contribution in [0.3, 0.4) is 0 Å². The highest BCUT2D eigenvalue weighted by Gasteiger charge is 2.25. The summed E-state index contributed by atoms with van der Waals surface area (Å²) in [5.74, 6) is 0.867. The second-order valence-electron chi connectivity index (χ2n) is 7.54. The summed E-state index contributed by atoms with van der Waals surface area (Å²) < 4.78 is 18.6. The molecule has 1 fully saturated rings. The Morgan fingerprint density at radius 2 is 2.00 bits per heavy atom. The van der Waals surface area contributed by atoms with Gasteiger partial charge in [-0.25, -0.2) is 9.49 Å². The van der Waals surface area contributed by atoms with E-state index in [-0.39, 0.29) is 11.4 Å². The lowest BCUT2D eigenvalue weighted by Gasteiger charge is -2.32. The molecule has 6 heteroatoms. The number of allylic oxidation sites excluding steroid dienone is 1. The maximum Gasteiger partial charge on any atom is 0.267 e. The van der Waals surface area contributed by atoms with Crippen LogP contribution in [-0.4, -0.2) is 41.3 Å². The van der Waals surface area contributed by atoms with Crippen LogP contribution in [0.4, 0.5) is 4.39 Å². The highest BCUT2D eigenvalue weighted by atomic mass is 19.1. The van der Waals surface area contributed by atoms with E-state index in [1.165, 1.54) is 12.1 Å². The fourth-order valence-corrected chi connectivity index (χ4v) is 4.13. The first kappa shape index (κ1) is 18.9. The zero-order valence-electron chi connectivity index (χ0n) is 16.0. The van der Waals surface area contributed by atoms with Crippen molar-refractivity contribution >= 4 is 6.08 Å². The number of aromatic amines is 1. The second-order valence-corrected chi connectivity index (χ2v) is 7.54. The molecule has 0 unspecified atom stereocenters. The lowest BCUT2D eigenvalue weighted by molar-refractivity contribution is 0.191. The van der Waals surface area contributed by atoms with Crippen molar-refractivity contribution < 1.29 is 9.13 Å².